The quantitative estimate of drug-likeness (QED) is 0.665. The van der Waals surface area contributed by atoms with E-state index >= 15 is 0 Å². The van der Waals surface area contributed by atoms with Crippen molar-refractivity contribution in [2.45, 2.75) is 38.8 Å². The predicted octanol–water partition coefficient (Wildman–Crippen LogP) is 1.65. The van der Waals surface area contributed by atoms with E-state index in [0.29, 0.717) is 13.0 Å². The molecule has 0 heterocycles. The first-order valence-electron chi connectivity index (χ1n) is 6.75. The molecule has 0 aromatic heterocycles. The Morgan fingerprint density at radius 1 is 1.32 bits per heavy atom. The van der Waals surface area contributed by atoms with Gasteiger partial charge in [0.15, 0.2) is 0 Å². The Labute approximate surface area is 114 Å². The third-order valence-corrected chi connectivity index (χ3v) is 2.84. The Morgan fingerprint density at radius 2 is 2.05 bits per heavy atom. The molecule has 0 aliphatic rings. The van der Waals surface area contributed by atoms with Gasteiger partial charge in [-0.2, -0.15) is 0 Å². The van der Waals surface area contributed by atoms with Crippen molar-refractivity contribution in [1.29, 1.82) is 0 Å². The molecular formula is C15H22N2O2. The monoisotopic (exact) mass is 262 g/mol. The Morgan fingerprint density at radius 3 is 2.68 bits per heavy atom. The number of carbonyl (C=O) groups excluding carboxylic acids is 2. The largest absolute Gasteiger partial charge is 0.345 e. The van der Waals surface area contributed by atoms with E-state index in [-0.39, 0.29) is 18.5 Å². The fourth-order valence-electron chi connectivity index (χ4n) is 1.77. The first-order valence-corrected chi connectivity index (χ1v) is 6.75. The molecule has 0 saturated carbocycles. The maximum atomic E-state index is 11.6. The summed E-state index contributed by atoms with van der Waals surface area (Å²) in [5.74, 6) is -0.135. The van der Waals surface area contributed by atoms with Crippen molar-refractivity contribution in [2.24, 2.45) is 0 Å². The molecule has 0 bridgehead atoms. The lowest BCUT2D eigenvalue weighted by molar-refractivity contribution is -0.123. The standard InChI is InChI=1S/C15H22N2O2/c1-2-3-9-14(12-18)17-15(19)11-16-10-13-7-5-4-6-8-13/h4-8,12,14,16H,2-3,9-11H2,1H3,(H,17,19). The maximum Gasteiger partial charge on any atom is 0.234 e. The van der Waals surface area contributed by atoms with Gasteiger partial charge in [-0.05, 0) is 12.0 Å². The fraction of sp³-hybridized carbons (Fsp3) is 0.467. The van der Waals surface area contributed by atoms with Crippen LogP contribution in [0.1, 0.15) is 31.7 Å². The van der Waals surface area contributed by atoms with Gasteiger partial charge < -0.3 is 15.4 Å². The van der Waals surface area contributed by atoms with E-state index in [2.05, 4.69) is 17.6 Å². The summed E-state index contributed by atoms with van der Waals surface area (Å²) >= 11 is 0. The van der Waals surface area contributed by atoms with Crippen molar-refractivity contribution in [2.75, 3.05) is 6.54 Å². The second-order valence-electron chi connectivity index (χ2n) is 4.54. The smallest absolute Gasteiger partial charge is 0.234 e. The molecule has 1 aromatic rings. The Bertz CT molecular complexity index is 379. The van der Waals surface area contributed by atoms with E-state index in [1.165, 1.54) is 0 Å². The van der Waals surface area contributed by atoms with Crippen LogP contribution in [0.5, 0.6) is 0 Å². The predicted molar refractivity (Wildman–Crippen MR) is 75.7 cm³/mol. The number of hydrogen-bond acceptors (Lipinski definition) is 3. The number of amides is 1. The maximum absolute atomic E-state index is 11.6. The fourth-order valence-corrected chi connectivity index (χ4v) is 1.77. The first kappa shape index (κ1) is 15.4. The van der Waals surface area contributed by atoms with Gasteiger partial charge in [0, 0.05) is 6.54 Å². The molecule has 19 heavy (non-hydrogen) atoms. The van der Waals surface area contributed by atoms with Crippen molar-refractivity contribution in [1.82, 2.24) is 10.6 Å². The van der Waals surface area contributed by atoms with Crippen LogP contribution in [-0.2, 0) is 16.1 Å². The SMILES string of the molecule is CCCCC(C=O)NC(=O)CNCc1ccccc1. The summed E-state index contributed by atoms with van der Waals surface area (Å²) in [5.41, 5.74) is 1.13. The molecule has 4 heteroatoms. The highest BCUT2D eigenvalue weighted by Crippen LogP contribution is 1.98. The summed E-state index contributed by atoms with van der Waals surface area (Å²) in [4.78, 5) is 22.4. The van der Waals surface area contributed by atoms with Crippen LogP contribution in [0.3, 0.4) is 0 Å². The van der Waals surface area contributed by atoms with E-state index < -0.39 is 0 Å². The minimum Gasteiger partial charge on any atom is -0.345 e. The van der Waals surface area contributed by atoms with Gasteiger partial charge in [-0.15, -0.1) is 0 Å². The average molecular weight is 262 g/mol. The van der Waals surface area contributed by atoms with Crippen molar-refractivity contribution in [3.8, 4) is 0 Å². The zero-order valence-electron chi connectivity index (χ0n) is 11.4. The van der Waals surface area contributed by atoms with Crippen LogP contribution in [0.2, 0.25) is 0 Å². The van der Waals surface area contributed by atoms with Crippen LogP contribution in [0.4, 0.5) is 0 Å². The van der Waals surface area contributed by atoms with Crippen LogP contribution in [0.25, 0.3) is 0 Å². The minimum atomic E-state index is -0.356. The number of benzene rings is 1. The topological polar surface area (TPSA) is 58.2 Å². The number of nitrogens with one attached hydrogen (secondary N) is 2. The summed E-state index contributed by atoms with van der Waals surface area (Å²) in [5, 5.41) is 5.78. The molecule has 0 aliphatic carbocycles. The highest BCUT2D eigenvalue weighted by Gasteiger charge is 2.09. The van der Waals surface area contributed by atoms with E-state index in [0.717, 1.165) is 24.7 Å². The highest BCUT2D eigenvalue weighted by atomic mass is 16.2. The Hall–Kier alpha value is -1.68. The van der Waals surface area contributed by atoms with Crippen LogP contribution < -0.4 is 10.6 Å². The summed E-state index contributed by atoms with van der Waals surface area (Å²) < 4.78 is 0. The van der Waals surface area contributed by atoms with Crippen molar-refractivity contribution in [3.05, 3.63) is 35.9 Å². The van der Waals surface area contributed by atoms with Crippen molar-refractivity contribution >= 4 is 12.2 Å². The highest BCUT2D eigenvalue weighted by molar-refractivity contribution is 5.81. The number of rotatable bonds is 9. The molecule has 0 saturated heterocycles. The van der Waals surface area contributed by atoms with Gasteiger partial charge in [0.25, 0.3) is 0 Å². The molecule has 0 spiro atoms. The number of hydrogen-bond donors (Lipinski definition) is 2. The van der Waals surface area contributed by atoms with Gasteiger partial charge in [0.2, 0.25) is 5.91 Å². The molecule has 104 valence electrons. The molecule has 1 rings (SSSR count). The number of carbonyl (C=O) groups is 2. The van der Waals surface area contributed by atoms with E-state index in [1.807, 2.05) is 30.3 Å². The van der Waals surface area contributed by atoms with Crippen molar-refractivity contribution < 1.29 is 9.59 Å². The van der Waals surface area contributed by atoms with Gasteiger partial charge >= 0.3 is 0 Å². The van der Waals surface area contributed by atoms with Gasteiger partial charge in [-0.3, -0.25) is 4.79 Å². The van der Waals surface area contributed by atoms with Crippen molar-refractivity contribution in [3.63, 3.8) is 0 Å². The van der Waals surface area contributed by atoms with Crippen LogP contribution in [0.15, 0.2) is 30.3 Å². The van der Waals surface area contributed by atoms with Gasteiger partial charge in [0.05, 0.1) is 12.6 Å². The average Bonchev–Trinajstić information content (AvgIpc) is 2.44. The molecule has 1 aromatic carbocycles. The number of aldehydes is 1. The third kappa shape index (κ3) is 6.72. The molecule has 1 amide bonds. The summed E-state index contributed by atoms with van der Waals surface area (Å²) in [7, 11) is 0. The molecule has 0 fully saturated rings. The lowest BCUT2D eigenvalue weighted by Crippen LogP contribution is -2.41. The minimum absolute atomic E-state index is 0.135. The second-order valence-corrected chi connectivity index (χ2v) is 4.54. The molecular weight excluding hydrogens is 240 g/mol. The van der Waals surface area contributed by atoms with Gasteiger partial charge in [-0.25, -0.2) is 0 Å². The molecule has 1 unspecified atom stereocenters. The second kappa shape index (κ2) is 9.28. The first-order chi connectivity index (χ1) is 9.26. The van der Waals surface area contributed by atoms with Crippen LogP contribution >= 0.6 is 0 Å². The third-order valence-electron chi connectivity index (χ3n) is 2.84. The Kier molecular flexibility index (Phi) is 7.51. The zero-order chi connectivity index (χ0) is 13.9. The van der Waals surface area contributed by atoms with Crippen LogP contribution in [-0.4, -0.2) is 24.8 Å². The summed E-state index contributed by atoms with van der Waals surface area (Å²) in [6.07, 6.45) is 3.49. The zero-order valence-corrected chi connectivity index (χ0v) is 11.4. The van der Waals surface area contributed by atoms with E-state index in [9.17, 15) is 9.59 Å². The lowest BCUT2D eigenvalue weighted by atomic mass is 10.1. The lowest BCUT2D eigenvalue weighted by Gasteiger charge is -2.12. The summed E-state index contributed by atoms with van der Waals surface area (Å²) in [6, 6.07) is 9.53. The molecule has 0 radical (unpaired) electrons. The molecule has 4 nitrogen and oxygen atoms in total. The molecule has 2 N–H and O–H groups in total. The molecule has 0 aliphatic heterocycles. The normalized spacial score (nSPS) is 11.8. The van der Waals surface area contributed by atoms with Crippen LogP contribution in [0, 0.1) is 0 Å². The molecule has 1 atom stereocenters. The van der Waals surface area contributed by atoms with E-state index in [1.54, 1.807) is 0 Å². The number of unbranched alkanes of at least 4 members (excludes halogenated alkanes) is 1. The Balaban J connectivity index is 2.21. The summed E-state index contributed by atoms with van der Waals surface area (Å²) in [6.45, 7) is 2.94. The van der Waals surface area contributed by atoms with E-state index in [4.69, 9.17) is 0 Å². The van der Waals surface area contributed by atoms with Gasteiger partial charge in [0.1, 0.15) is 6.29 Å². The van der Waals surface area contributed by atoms with Gasteiger partial charge in [-0.1, -0.05) is 50.1 Å².